The number of rotatable bonds is 14. The van der Waals surface area contributed by atoms with Gasteiger partial charge in [-0.1, -0.05) is 55.5 Å². The average Bonchev–Trinajstić information content (AvgIpc) is 2.83. The molecule has 0 bridgehead atoms. The number of nitrogens with one attached hydrogen (secondary N) is 4. The number of aliphatic hydroxyl groups is 1. The van der Waals surface area contributed by atoms with Gasteiger partial charge in [-0.2, -0.15) is 0 Å². The van der Waals surface area contributed by atoms with E-state index in [0.717, 1.165) is 16.9 Å². The largest absolute Gasteiger partial charge is 0.491 e. The SMILES string of the molecule is CCC(=O)NC(NC(=O)Cc1ccccc1)C(=O)NCCNCC(O)COc1ccccc1C. The normalized spacial score (nSPS) is 12.3. The Kier molecular flexibility index (Phi) is 11.6. The fourth-order valence-electron chi connectivity index (χ4n) is 3.03. The van der Waals surface area contributed by atoms with Crippen molar-refractivity contribution in [3.63, 3.8) is 0 Å². The summed E-state index contributed by atoms with van der Waals surface area (Å²) in [7, 11) is 0. The van der Waals surface area contributed by atoms with Crippen LogP contribution in [0.15, 0.2) is 54.6 Å². The molecule has 2 unspecified atom stereocenters. The molecule has 3 amide bonds. The Bertz CT molecular complexity index is 923. The molecule has 0 aliphatic heterocycles. The third kappa shape index (κ3) is 10.0. The van der Waals surface area contributed by atoms with Crippen LogP contribution in [-0.2, 0) is 20.8 Å². The number of hydrogen-bond acceptors (Lipinski definition) is 6. The number of para-hydroxylation sites is 1. The number of aliphatic hydroxyl groups excluding tert-OH is 1. The second kappa shape index (κ2) is 14.7. The Hall–Kier alpha value is -3.43. The molecule has 2 atom stereocenters. The molecule has 0 spiro atoms. The maximum Gasteiger partial charge on any atom is 0.263 e. The zero-order valence-corrected chi connectivity index (χ0v) is 19.7. The van der Waals surface area contributed by atoms with Gasteiger partial charge in [-0.15, -0.1) is 0 Å². The highest BCUT2D eigenvalue weighted by atomic mass is 16.5. The number of aryl methyl sites for hydroxylation is 1. The summed E-state index contributed by atoms with van der Waals surface area (Å²) >= 11 is 0. The van der Waals surface area contributed by atoms with Gasteiger partial charge >= 0.3 is 0 Å². The van der Waals surface area contributed by atoms with Crippen molar-refractivity contribution in [2.45, 2.75) is 39.0 Å². The van der Waals surface area contributed by atoms with Gasteiger partial charge in [0.2, 0.25) is 11.8 Å². The van der Waals surface area contributed by atoms with E-state index in [-0.39, 0.29) is 44.4 Å². The van der Waals surface area contributed by atoms with Gasteiger partial charge in [-0.3, -0.25) is 14.4 Å². The van der Waals surface area contributed by atoms with Crippen LogP contribution in [0, 0.1) is 6.92 Å². The van der Waals surface area contributed by atoms with Gasteiger partial charge in [0.15, 0.2) is 6.17 Å². The Morgan fingerprint density at radius 3 is 2.32 bits per heavy atom. The quantitative estimate of drug-likeness (QED) is 0.204. The van der Waals surface area contributed by atoms with Crippen LogP contribution in [0.5, 0.6) is 5.75 Å². The highest BCUT2D eigenvalue weighted by molar-refractivity contribution is 5.91. The minimum atomic E-state index is -1.17. The zero-order chi connectivity index (χ0) is 24.8. The van der Waals surface area contributed by atoms with E-state index < -0.39 is 18.2 Å². The second-order valence-corrected chi connectivity index (χ2v) is 7.81. The first kappa shape index (κ1) is 26.8. The summed E-state index contributed by atoms with van der Waals surface area (Å²) < 4.78 is 5.61. The molecule has 0 heterocycles. The molecule has 0 saturated carbocycles. The van der Waals surface area contributed by atoms with Crippen LogP contribution in [0.25, 0.3) is 0 Å². The van der Waals surface area contributed by atoms with Crippen molar-refractivity contribution < 1.29 is 24.2 Å². The first-order valence-corrected chi connectivity index (χ1v) is 11.4. The molecule has 9 heteroatoms. The summed E-state index contributed by atoms with van der Waals surface area (Å²) in [5.74, 6) is -0.524. The van der Waals surface area contributed by atoms with E-state index in [1.165, 1.54) is 0 Å². The molecular formula is C25H34N4O5. The van der Waals surface area contributed by atoms with E-state index in [4.69, 9.17) is 4.74 Å². The fraction of sp³-hybridized carbons (Fsp3) is 0.400. The van der Waals surface area contributed by atoms with Crippen LogP contribution in [0.1, 0.15) is 24.5 Å². The smallest absolute Gasteiger partial charge is 0.263 e. The molecule has 5 N–H and O–H groups in total. The van der Waals surface area contributed by atoms with Crippen LogP contribution in [0.2, 0.25) is 0 Å². The predicted octanol–water partition coefficient (Wildman–Crippen LogP) is 0.652. The van der Waals surface area contributed by atoms with Crippen LogP contribution in [0.3, 0.4) is 0 Å². The van der Waals surface area contributed by atoms with Gasteiger partial charge in [0, 0.05) is 26.1 Å². The molecule has 2 aromatic rings. The minimum Gasteiger partial charge on any atom is -0.491 e. The zero-order valence-electron chi connectivity index (χ0n) is 19.7. The van der Waals surface area contributed by atoms with Crippen molar-refractivity contribution in [2.75, 3.05) is 26.2 Å². The van der Waals surface area contributed by atoms with Crippen molar-refractivity contribution in [2.24, 2.45) is 0 Å². The fourth-order valence-corrected chi connectivity index (χ4v) is 3.03. The highest BCUT2D eigenvalue weighted by Crippen LogP contribution is 2.16. The Balaban J connectivity index is 1.71. The molecule has 9 nitrogen and oxygen atoms in total. The summed E-state index contributed by atoms with van der Waals surface area (Å²) in [4.78, 5) is 36.7. The lowest BCUT2D eigenvalue weighted by atomic mass is 10.1. The van der Waals surface area contributed by atoms with E-state index in [0.29, 0.717) is 6.54 Å². The van der Waals surface area contributed by atoms with Crippen molar-refractivity contribution >= 4 is 17.7 Å². The highest BCUT2D eigenvalue weighted by Gasteiger charge is 2.22. The Morgan fingerprint density at radius 2 is 1.62 bits per heavy atom. The molecular weight excluding hydrogens is 436 g/mol. The molecule has 2 rings (SSSR count). The van der Waals surface area contributed by atoms with Crippen LogP contribution in [-0.4, -0.2) is 61.3 Å². The van der Waals surface area contributed by atoms with Gasteiger partial charge < -0.3 is 31.1 Å². The lowest BCUT2D eigenvalue weighted by molar-refractivity contribution is -0.132. The van der Waals surface area contributed by atoms with E-state index in [9.17, 15) is 19.5 Å². The summed E-state index contributed by atoms with van der Waals surface area (Å²) in [5.41, 5.74) is 1.79. The van der Waals surface area contributed by atoms with Crippen LogP contribution >= 0.6 is 0 Å². The number of benzene rings is 2. The number of amides is 3. The summed E-state index contributed by atoms with van der Waals surface area (Å²) in [6.45, 7) is 4.66. The lowest BCUT2D eigenvalue weighted by Gasteiger charge is -2.20. The van der Waals surface area contributed by atoms with E-state index in [1.54, 1.807) is 6.92 Å². The predicted molar refractivity (Wildman–Crippen MR) is 129 cm³/mol. The monoisotopic (exact) mass is 470 g/mol. The Labute approximate surface area is 200 Å². The standard InChI is InChI=1S/C25H34N4O5/c1-3-22(31)28-24(29-23(32)15-19-10-5-4-6-11-19)25(33)27-14-13-26-16-20(30)17-34-21-12-8-7-9-18(21)2/h4-12,20,24,26,30H,3,13-17H2,1-2H3,(H,27,33)(H,28,31)(H,29,32). The van der Waals surface area contributed by atoms with E-state index in [1.807, 2.05) is 61.5 Å². The third-order valence-electron chi connectivity index (χ3n) is 4.91. The number of hydrogen-bond donors (Lipinski definition) is 5. The van der Waals surface area contributed by atoms with Crippen molar-refractivity contribution in [3.05, 3.63) is 65.7 Å². The molecule has 0 fully saturated rings. The van der Waals surface area contributed by atoms with Gasteiger partial charge in [0.1, 0.15) is 18.5 Å². The summed E-state index contributed by atoms with van der Waals surface area (Å²) in [6.07, 6.45) is -1.61. The lowest BCUT2D eigenvalue weighted by Crippen LogP contribution is -2.57. The summed E-state index contributed by atoms with van der Waals surface area (Å²) in [6, 6.07) is 16.7. The number of ether oxygens (including phenoxy) is 1. The molecule has 0 aliphatic rings. The molecule has 34 heavy (non-hydrogen) atoms. The number of carbonyl (C=O) groups is 3. The van der Waals surface area contributed by atoms with Crippen LogP contribution < -0.4 is 26.0 Å². The van der Waals surface area contributed by atoms with Crippen molar-refractivity contribution in [3.8, 4) is 5.75 Å². The molecule has 0 radical (unpaired) electrons. The molecule has 0 saturated heterocycles. The minimum absolute atomic E-state index is 0.0939. The van der Waals surface area contributed by atoms with E-state index >= 15 is 0 Å². The topological polar surface area (TPSA) is 129 Å². The summed E-state index contributed by atoms with van der Waals surface area (Å²) in [5, 5.41) is 20.9. The van der Waals surface area contributed by atoms with E-state index in [2.05, 4.69) is 21.3 Å². The third-order valence-corrected chi connectivity index (χ3v) is 4.91. The maximum atomic E-state index is 12.5. The molecule has 0 aromatic heterocycles. The molecule has 2 aromatic carbocycles. The average molecular weight is 471 g/mol. The molecule has 0 aliphatic carbocycles. The van der Waals surface area contributed by atoms with Gasteiger partial charge in [0.05, 0.1) is 6.42 Å². The first-order valence-electron chi connectivity index (χ1n) is 11.4. The molecule has 184 valence electrons. The van der Waals surface area contributed by atoms with Gasteiger partial charge in [-0.25, -0.2) is 0 Å². The van der Waals surface area contributed by atoms with Crippen molar-refractivity contribution in [1.29, 1.82) is 0 Å². The van der Waals surface area contributed by atoms with Gasteiger partial charge in [-0.05, 0) is 24.1 Å². The van der Waals surface area contributed by atoms with Crippen LogP contribution in [0.4, 0.5) is 0 Å². The first-order chi connectivity index (χ1) is 16.4. The maximum absolute atomic E-state index is 12.5. The van der Waals surface area contributed by atoms with Crippen molar-refractivity contribution in [1.82, 2.24) is 21.3 Å². The number of carbonyl (C=O) groups excluding carboxylic acids is 3. The van der Waals surface area contributed by atoms with Gasteiger partial charge in [0.25, 0.3) is 5.91 Å². The Morgan fingerprint density at radius 1 is 0.941 bits per heavy atom. The second-order valence-electron chi connectivity index (χ2n) is 7.81.